The van der Waals surface area contributed by atoms with Crippen molar-refractivity contribution in [1.29, 1.82) is 0 Å². The van der Waals surface area contributed by atoms with Crippen molar-refractivity contribution in [3.05, 3.63) is 87.3 Å². The maximum Gasteiger partial charge on any atom is 0.358 e. The summed E-state index contributed by atoms with van der Waals surface area (Å²) in [5.41, 5.74) is 7.35. The fourth-order valence-corrected chi connectivity index (χ4v) is 5.68. The molecule has 0 saturated heterocycles. The molecule has 4 aliphatic carbocycles. The van der Waals surface area contributed by atoms with Crippen LogP contribution in [0.5, 0.6) is 0 Å². The van der Waals surface area contributed by atoms with E-state index in [0.717, 1.165) is 37.7 Å². The van der Waals surface area contributed by atoms with Gasteiger partial charge in [0.2, 0.25) is 0 Å². The molecule has 0 fully saturated rings. The molecule has 6 rings (SSSR count). The molecule has 0 aromatic heterocycles. The van der Waals surface area contributed by atoms with E-state index in [1.165, 1.54) is 10.0 Å². The van der Waals surface area contributed by atoms with Crippen molar-refractivity contribution in [2.45, 2.75) is 38.8 Å². The number of carbonyl (C=O) groups excluding carboxylic acids is 1. The van der Waals surface area contributed by atoms with Gasteiger partial charge in [0.05, 0.1) is 5.57 Å². The molecule has 2 heterocycles. The zero-order valence-electron chi connectivity index (χ0n) is 21.2. The smallest absolute Gasteiger partial charge is 0.358 e. The lowest BCUT2D eigenvalue weighted by Gasteiger charge is -2.41. The monoisotopic (exact) mass is 485 g/mol. The van der Waals surface area contributed by atoms with Crippen molar-refractivity contribution in [1.82, 2.24) is 20.5 Å². The van der Waals surface area contributed by atoms with Crippen molar-refractivity contribution >= 4 is 17.7 Å². The zero-order valence-corrected chi connectivity index (χ0v) is 21.2. The van der Waals surface area contributed by atoms with Crippen molar-refractivity contribution in [3.63, 3.8) is 0 Å². The van der Waals surface area contributed by atoms with Crippen LogP contribution in [-0.2, 0) is 5.21 Å². The lowest BCUT2D eigenvalue weighted by Crippen LogP contribution is -2.53. The van der Waals surface area contributed by atoms with Gasteiger partial charge in [-0.1, -0.05) is 29.4 Å². The summed E-state index contributed by atoms with van der Waals surface area (Å²) in [6.45, 7) is 7.25. The van der Waals surface area contributed by atoms with Crippen LogP contribution in [0.4, 0.5) is 4.79 Å². The summed E-state index contributed by atoms with van der Waals surface area (Å²) in [7, 11) is 3.30. The summed E-state index contributed by atoms with van der Waals surface area (Å²) >= 11 is 0. The molecule has 6 aliphatic rings. The van der Waals surface area contributed by atoms with Gasteiger partial charge in [0.1, 0.15) is 5.54 Å². The van der Waals surface area contributed by atoms with Gasteiger partial charge in [-0.2, -0.15) is 0 Å². The number of nitrogens with one attached hydrogen (secondary N) is 1. The van der Waals surface area contributed by atoms with Gasteiger partial charge < -0.3 is 5.21 Å². The largest absolute Gasteiger partial charge is 0.714 e. The number of amidine groups is 2. The van der Waals surface area contributed by atoms with Gasteiger partial charge in [0.25, 0.3) is 0 Å². The SMILES string of the molecule is CN1N=C(C2=CC3=CC=C4C=C(C5=[N+]([O-])C(C)(C)C(C)(C)N5[O])C=C5C=CC(=C2)C3C45)NN(C)C1=O. The third kappa shape index (κ3) is 2.83. The highest BCUT2D eigenvalue weighted by Crippen LogP contribution is 2.50. The molecular formula is C27H29N6O3. The van der Waals surface area contributed by atoms with Gasteiger partial charge in [-0.05, 0) is 74.3 Å². The third-order valence-corrected chi connectivity index (χ3v) is 8.51. The van der Waals surface area contributed by atoms with E-state index in [1.54, 1.807) is 14.1 Å². The van der Waals surface area contributed by atoms with Gasteiger partial charge in [0, 0.05) is 36.7 Å². The highest BCUT2D eigenvalue weighted by atomic mass is 16.5. The molecule has 0 saturated carbocycles. The second kappa shape index (κ2) is 7.10. The third-order valence-electron chi connectivity index (χ3n) is 8.51. The highest BCUT2D eigenvalue weighted by molar-refractivity contribution is 6.04. The van der Waals surface area contributed by atoms with Crippen molar-refractivity contribution in [2.24, 2.45) is 16.9 Å². The Hall–Kier alpha value is -3.85. The standard InChI is InChI=1S/C27H29N6O3/c1-26(2)27(3,4)33(36)24(32(26)35)20-13-17-9-7-15-11-19(23-28-30(5)25(34)31(6)29-23)12-16-8-10-18(14-20)22(17)21(15)16/h7-14,21-22H,1-6H3,(H,28,29). The van der Waals surface area contributed by atoms with Crippen LogP contribution in [0.25, 0.3) is 0 Å². The van der Waals surface area contributed by atoms with Crippen LogP contribution in [-0.4, -0.2) is 62.7 Å². The fraction of sp³-hybridized carbons (Fsp3) is 0.370. The molecule has 2 unspecified atom stereocenters. The van der Waals surface area contributed by atoms with E-state index < -0.39 is 11.1 Å². The predicted octanol–water partition coefficient (Wildman–Crippen LogP) is 3.33. The van der Waals surface area contributed by atoms with Crippen molar-refractivity contribution < 1.29 is 14.7 Å². The number of hydroxylamine groups is 3. The molecule has 0 aromatic carbocycles. The number of hydrogen-bond donors (Lipinski definition) is 1. The molecule has 0 bridgehead atoms. The Morgan fingerprint density at radius 3 is 2.00 bits per heavy atom. The molecule has 185 valence electrons. The first-order valence-electron chi connectivity index (χ1n) is 12.1. The summed E-state index contributed by atoms with van der Waals surface area (Å²) in [5.74, 6) is 1.02. The fourth-order valence-electron chi connectivity index (χ4n) is 5.68. The summed E-state index contributed by atoms with van der Waals surface area (Å²) < 4.78 is 0.873. The Morgan fingerprint density at radius 2 is 1.47 bits per heavy atom. The minimum absolute atomic E-state index is 0.110. The number of nitrogens with zero attached hydrogens (tertiary/aromatic N) is 5. The Balaban J connectivity index is 1.43. The molecule has 2 amide bonds. The average molecular weight is 486 g/mol. The van der Waals surface area contributed by atoms with E-state index in [0.29, 0.717) is 11.4 Å². The predicted molar refractivity (Wildman–Crippen MR) is 135 cm³/mol. The maximum absolute atomic E-state index is 13.3. The molecule has 0 spiro atoms. The normalized spacial score (nSPS) is 29.5. The molecule has 2 aliphatic heterocycles. The number of hydrazone groups is 1. The van der Waals surface area contributed by atoms with E-state index in [2.05, 4.69) is 47.0 Å². The molecule has 36 heavy (non-hydrogen) atoms. The van der Waals surface area contributed by atoms with Gasteiger partial charge >= 0.3 is 11.9 Å². The molecule has 9 nitrogen and oxygen atoms in total. The van der Waals surface area contributed by atoms with Crippen LogP contribution in [0, 0.1) is 17.0 Å². The number of hydrogen-bond acceptors (Lipinski definition) is 5. The number of allylic oxidation sites excluding steroid dienone is 10. The molecule has 0 aromatic rings. The van der Waals surface area contributed by atoms with Gasteiger partial charge in [-0.25, -0.2) is 14.8 Å². The van der Waals surface area contributed by atoms with Crippen LogP contribution >= 0.6 is 0 Å². The van der Waals surface area contributed by atoms with Crippen LogP contribution < -0.4 is 5.43 Å². The summed E-state index contributed by atoms with van der Waals surface area (Å²) in [6, 6.07) is -0.234. The molecule has 1 N–H and O–H groups in total. The molecule has 1 radical (unpaired) electrons. The van der Waals surface area contributed by atoms with E-state index in [-0.39, 0.29) is 23.7 Å². The Labute approximate surface area is 210 Å². The van der Waals surface area contributed by atoms with Crippen molar-refractivity contribution in [3.8, 4) is 0 Å². The second-order valence-corrected chi connectivity index (χ2v) is 11.1. The number of amides is 2. The molecule has 9 heteroatoms. The number of rotatable bonds is 2. The van der Waals surface area contributed by atoms with E-state index in [1.807, 2.05) is 39.8 Å². The van der Waals surface area contributed by atoms with Crippen LogP contribution in [0.1, 0.15) is 27.7 Å². The Kier molecular flexibility index (Phi) is 4.46. The van der Waals surface area contributed by atoms with E-state index >= 15 is 0 Å². The van der Waals surface area contributed by atoms with E-state index in [4.69, 9.17) is 0 Å². The van der Waals surface area contributed by atoms with Gasteiger partial charge in [-0.3, -0.25) is 10.2 Å². The first-order chi connectivity index (χ1) is 16.9. The summed E-state index contributed by atoms with van der Waals surface area (Å²) in [4.78, 5) is 12.1. The zero-order chi connectivity index (χ0) is 25.7. The second-order valence-electron chi connectivity index (χ2n) is 11.1. The highest BCUT2D eigenvalue weighted by Gasteiger charge is 2.60. The van der Waals surface area contributed by atoms with Gasteiger partial charge in [-0.15, -0.1) is 5.10 Å². The maximum atomic E-state index is 13.3. The van der Waals surface area contributed by atoms with E-state index in [9.17, 15) is 15.2 Å². The minimum Gasteiger partial charge on any atom is -0.714 e. The molecular weight excluding hydrogens is 456 g/mol. The lowest BCUT2D eigenvalue weighted by atomic mass is 9.63. The number of urea groups is 1. The summed E-state index contributed by atoms with van der Waals surface area (Å²) in [6.07, 6.45) is 16.5. The number of carbonyl (C=O) groups is 1. The van der Waals surface area contributed by atoms with Crippen LogP contribution in [0.3, 0.4) is 0 Å². The quantitative estimate of drug-likeness (QED) is 0.479. The van der Waals surface area contributed by atoms with Gasteiger partial charge in [0.15, 0.2) is 11.4 Å². The van der Waals surface area contributed by atoms with Crippen LogP contribution in [0.15, 0.2) is 87.1 Å². The topological polar surface area (TPSA) is 97.2 Å². The molecule has 2 atom stereocenters. The Bertz CT molecular complexity index is 1400. The average Bonchev–Trinajstić information content (AvgIpc) is 2.96. The van der Waals surface area contributed by atoms with Crippen molar-refractivity contribution in [2.75, 3.05) is 14.1 Å². The number of hydrazine groups is 1. The Morgan fingerprint density at radius 1 is 0.917 bits per heavy atom. The minimum atomic E-state index is -0.861. The summed E-state index contributed by atoms with van der Waals surface area (Å²) in [5, 5.41) is 34.5. The first-order valence-corrected chi connectivity index (χ1v) is 12.1. The lowest BCUT2D eigenvalue weighted by molar-refractivity contribution is -0.539. The first kappa shape index (κ1) is 22.6. The van der Waals surface area contributed by atoms with Crippen LogP contribution in [0.2, 0.25) is 0 Å².